The second-order valence-electron chi connectivity index (χ2n) is 4.12. The molecule has 0 saturated carbocycles. The average molecular weight is 294 g/mol. The van der Waals surface area contributed by atoms with Crippen LogP contribution in [0.5, 0.6) is 0 Å². The lowest BCUT2D eigenvalue weighted by atomic mass is 10.0. The minimum atomic E-state index is 0.920. The molecular formula is C13H16BrN3. The van der Waals surface area contributed by atoms with Gasteiger partial charge in [-0.1, -0.05) is 22.9 Å². The fourth-order valence-electron chi connectivity index (χ4n) is 2.20. The summed E-state index contributed by atoms with van der Waals surface area (Å²) >= 11 is 3.53. The quantitative estimate of drug-likeness (QED) is 0.658. The molecule has 3 nitrogen and oxygen atoms in total. The Hall–Kier alpha value is -1.13. The van der Waals surface area contributed by atoms with Crippen LogP contribution in [0.2, 0.25) is 0 Å². The van der Waals surface area contributed by atoms with Crippen molar-refractivity contribution in [3.05, 3.63) is 33.4 Å². The highest BCUT2D eigenvalue weighted by Gasteiger charge is 2.12. The van der Waals surface area contributed by atoms with Crippen LogP contribution in [-0.2, 0) is 6.42 Å². The van der Waals surface area contributed by atoms with E-state index in [1.165, 1.54) is 5.56 Å². The van der Waals surface area contributed by atoms with E-state index in [1.54, 1.807) is 0 Å². The number of aryl methyl sites for hydroxylation is 2. The van der Waals surface area contributed by atoms with Gasteiger partial charge < -0.3 is 5.43 Å². The lowest BCUT2D eigenvalue weighted by Gasteiger charge is -2.15. The van der Waals surface area contributed by atoms with Crippen LogP contribution in [0.4, 0.5) is 5.69 Å². The molecule has 0 amide bonds. The molecule has 90 valence electrons. The van der Waals surface area contributed by atoms with Gasteiger partial charge in [0, 0.05) is 15.6 Å². The van der Waals surface area contributed by atoms with E-state index in [1.807, 2.05) is 19.1 Å². The SMILES string of the molecule is CCc1c(C)nc2c(C)c(Br)ccc2c1NN. The maximum atomic E-state index is 5.66. The molecule has 2 aromatic rings. The molecule has 0 bridgehead atoms. The summed E-state index contributed by atoms with van der Waals surface area (Å²) in [5.41, 5.74) is 8.18. The highest BCUT2D eigenvalue weighted by atomic mass is 79.9. The third-order valence-electron chi connectivity index (χ3n) is 3.15. The Morgan fingerprint density at radius 2 is 2.06 bits per heavy atom. The molecule has 17 heavy (non-hydrogen) atoms. The first-order chi connectivity index (χ1) is 8.10. The van der Waals surface area contributed by atoms with Gasteiger partial charge in [0.2, 0.25) is 0 Å². The normalized spacial score (nSPS) is 10.9. The zero-order chi connectivity index (χ0) is 12.6. The van der Waals surface area contributed by atoms with Crippen LogP contribution in [0.15, 0.2) is 16.6 Å². The highest BCUT2D eigenvalue weighted by Crippen LogP contribution is 2.32. The molecule has 1 heterocycles. The van der Waals surface area contributed by atoms with Crippen molar-refractivity contribution in [2.45, 2.75) is 27.2 Å². The number of pyridine rings is 1. The van der Waals surface area contributed by atoms with Gasteiger partial charge in [-0.15, -0.1) is 0 Å². The van der Waals surface area contributed by atoms with Crippen LogP contribution < -0.4 is 11.3 Å². The van der Waals surface area contributed by atoms with Gasteiger partial charge in [0.1, 0.15) is 0 Å². The predicted octanol–water partition coefficient (Wildman–Crippen LogP) is 3.46. The van der Waals surface area contributed by atoms with Crippen molar-refractivity contribution >= 4 is 32.5 Å². The predicted molar refractivity (Wildman–Crippen MR) is 76.1 cm³/mol. The summed E-state index contributed by atoms with van der Waals surface area (Å²) < 4.78 is 1.07. The fourth-order valence-corrected chi connectivity index (χ4v) is 2.52. The molecule has 3 N–H and O–H groups in total. The first kappa shape index (κ1) is 12.3. The third kappa shape index (κ3) is 1.91. The third-order valence-corrected chi connectivity index (χ3v) is 4.01. The second-order valence-corrected chi connectivity index (χ2v) is 4.97. The lowest BCUT2D eigenvalue weighted by Crippen LogP contribution is -2.11. The van der Waals surface area contributed by atoms with Gasteiger partial charge in [-0.25, -0.2) is 0 Å². The number of rotatable bonds is 2. The van der Waals surface area contributed by atoms with Crippen LogP contribution in [0.1, 0.15) is 23.7 Å². The van der Waals surface area contributed by atoms with E-state index in [2.05, 4.69) is 40.2 Å². The van der Waals surface area contributed by atoms with Crippen molar-refractivity contribution in [3.8, 4) is 0 Å². The number of anilines is 1. The first-order valence-electron chi connectivity index (χ1n) is 5.65. The lowest BCUT2D eigenvalue weighted by molar-refractivity contribution is 1.06. The molecule has 0 aliphatic heterocycles. The number of fused-ring (bicyclic) bond motifs is 1. The summed E-state index contributed by atoms with van der Waals surface area (Å²) in [6.45, 7) is 6.20. The topological polar surface area (TPSA) is 50.9 Å². The number of nitrogens with one attached hydrogen (secondary N) is 1. The number of halogens is 1. The summed E-state index contributed by atoms with van der Waals surface area (Å²) in [6, 6.07) is 4.09. The summed E-state index contributed by atoms with van der Waals surface area (Å²) in [4.78, 5) is 4.69. The van der Waals surface area contributed by atoms with Gasteiger partial charge in [-0.2, -0.15) is 0 Å². The van der Waals surface area contributed by atoms with E-state index < -0.39 is 0 Å². The monoisotopic (exact) mass is 293 g/mol. The maximum absolute atomic E-state index is 5.66. The molecule has 0 saturated heterocycles. The van der Waals surface area contributed by atoms with Crippen LogP contribution in [0, 0.1) is 13.8 Å². The molecule has 0 atom stereocenters. The van der Waals surface area contributed by atoms with Crippen molar-refractivity contribution < 1.29 is 0 Å². The number of nitrogens with two attached hydrogens (primary N) is 1. The molecule has 0 aliphatic carbocycles. The number of hydrogen-bond donors (Lipinski definition) is 2. The smallest absolute Gasteiger partial charge is 0.0767 e. The summed E-state index contributed by atoms with van der Waals surface area (Å²) in [5, 5.41) is 1.08. The van der Waals surface area contributed by atoms with Gasteiger partial charge in [-0.3, -0.25) is 10.8 Å². The van der Waals surface area contributed by atoms with E-state index in [0.29, 0.717) is 0 Å². The van der Waals surface area contributed by atoms with Gasteiger partial charge in [0.05, 0.1) is 11.2 Å². The average Bonchev–Trinajstić information content (AvgIpc) is 2.33. The second kappa shape index (κ2) is 4.63. The zero-order valence-electron chi connectivity index (χ0n) is 10.3. The van der Waals surface area contributed by atoms with E-state index in [4.69, 9.17) is 5.84 Å². The molecule has 0 fully saturated rings. The number of nitrogens with zero attached hydrogens (tertiary/aromatic N) is 1. The summed E-state index contributed by atoms with van der Waals surface area (Å²) in [6.07, 6.45) is 0.920. The molecule has 0 radical (unpaired) electrons. The van der Waals surface area contributed by atoms with Gasteiger partial charge in [-0.05, 0) is 43.5 Å². The fraction of sp³-hybridized carbons (Fsp3) is 0.308. The van der Waals surface area contributed by atoms with E-state index in [0.717, 1.165) is 38.7 Å². The Labute approximate surface area is 110 Å². The van der Waals surface area contributed by atoms with Crippen LogP contribution in [-0.4, -0.2) is 4.98 Å². The Bertz CT molecular complexity index is 579. The van der Waals surface area contributed by atoms with Gasteiger partial charge >= 0.3 is 0 Å². The minimum Gasteiger partial charge on any atom is -0.323 e. The van der Waals surface area contributed by atoms with Crippen LogP contribution in [0.25, 0.3) is 10.9 Å². The molecule has 2 rings (SSSR count). The molecule has 0 unspecified atom stereocenters. The molecule has 4 heteroatoms. The zero-order valence-corrected chi connectivity index (χ0v) is 11.9. The Kier molecular flexibility index (Phi) is 3.35. The summed E-state index contributed by atoms with van der Waals surface area (Å²) in [7, 11) is 0. The molecule has 0 spiro atoms. The number of benzene rings is 1. The van der Waals surface area contributed by atoms with E-state index in [-0.39, 0.29) is 0 Å². The van der Waals surface area contributed by atoms with Gasteiger partial charge in [0.15, 0.2) is 0 Å². The van der Waals surface area contributed by atoms with Crippen molar-refractivity contribution in [2.24, 2.45) is 5.84 Å². The Morgan fingerprint density at radius 1 is 1.35 bits per heavy atom. The highest BCUT2D eigenvalue weighted by molar-refractivity contribution is 9.10. The molecular weight excluding hydrogens is 278 g/mol. The van der Waals surface area contributed by atoms with Crippen LogP contribution in [0.3, 0.4) is 0 Å². The number of hydrogen-bond acceptors (Lipinski definition) is 3. The standard InChI is InChI=1S/C13H16BrN3/c1-4-9-8(3)16-12-7(2)11(14)6-5-10(12)13(9)17-15/h5-6H,4,15H2,1-3H3,(H,16,17). The Morgan fingerprint density at radius 3 is 2.65 bits per heavy atom. The Balaban J connectivity index is 2.92. The van der Waals surface area contributed by atoms with Gasteiger partial charge in [0.25, 0.3) is 0 Å². The molecule has 0 aliphatic rings. The van der Waals surface area contributed by atoms with Crippen molar-refractivity contribution in [1.82, 2.24) is 4.98 Å². The first-order valence-corrected chi connectivity index (χ1v) is 6.44. The maximum Gasteiger partial charge on any atom is 0.0767 e. The van der Waals surface area contributed by atoms with E-state index in [9.17, 15) is 0 Å². The van der Waals surface area contributed by atoms with Crippen molar-refractivity contribution in [1.29, 1.82) is 0 Å². The molecule has 1 aromatic carbocycles. The minimum absolute atomic E-state index is 0.920. The van der Waals surface area contributed by atoms with Crippen molar-refractivity contribution in [3.63, 3.8) is 0 Å². The van der Waals surface area contributed by atoms with Crippen molar-refractivity contribution in [2.75, 3.05) is 5.43 Å². The number of nitrogen functional groups attached to an aromatic ring is 1. The van der Waals surface area contributed by atoms with Crippen LogP contribution >= 0.6 is 15.9 Å². The largest absolute Gasteiger partial charge is 0.323 e. The summed E-state index contributed by atoms with van der Waals surface area (Å²) in [5.74, 6) is 5.66. The number of aromatic nitrogens is 1. The van der Waals surface area contributed by atoms with E-state index >= 15 is 0 Å². The molecule has 1 aromatic heterocycles. The number of hydrazine groups is 1.